The van der Waals surface area contributed by atoms with Gasteiger partial charge >= 0.3 is 5.97 Å². The van der Waals surface area contributed by atoms with Crippen molar-refractivity contribution in [1.29, 1.82) is 0 Å². The molecule has 19 heavy (non-hydrogen) atoms. The van der Waals surface area contributed by atoms with Crippen LogP contribution < -0.4 is 5.73 Å². The van der Waals surface area contributed by atoms with E-state index in [0.717, 1.165) is 18.4 Å². The Bertz CT molecular complexity index is 648. The molecule has 1 heterocycles. The summed E-state index contributed by atoms with van der Waals surface area (Å²) < 4.78 is 0. The maximum Gasteiger partial charge on any atom is 0.314 e. The molecule has 1 aromatic carbocycles. The SMILES string of the molecule is Nc1cnc2cc(C3(C(=O)O)CCCC3)ccc2n1. The van der Waals surface area contributed by atoms with Gasteiger partial charge in [0.15, 0.2) is 0 Å². The minimum Gasteiger partial charge on any atom is -0.481 e. The smallest absolute Gasteiger partial charge is 0.314 e. The van der Waals surface area contributed by atoms with Gasteiger partial charge in [-0.1, -0.05) is 18.9 Å². The first-order valence-corrected chi connectivity index (χ1v) is 6.38. The van der Waals surface area contributed by atoms with E-state index in [9.17, 15) is 9.90 Å². The first-order valence-electron chi connectivity index (χ1n) is 6.38. The van der Waals surface area contributed by atoms with Gasteiger partial charge in [-0.2, -0.15) is 0 Å². The quantitative estimate of drug-likeness (QED) is 0.860. The second-order valence-corrected chi connectivity index (χ2v) is 5.09. The van der Waals surface area contributed by atoms with Crippen LogP contribution in [0.2, 0.25) is 0 Å². The number of hydrogen-bond acceptors (Lipinski definition) is 4. The van der Waals surface area contributed by atoms with Gasteiger partial charge in [-0.25, -0.2) is 4.98 Å². The van der Waals surface area contributed by atoms with E-state index in [0.29, 0.717) is 29.7 Å². The third-order valence-corrected chi connectivity index (χ3v) is 3.98. The molecule has 1 aromatic heterocycles. The predicted octanol–water partition coefficient (Wildman–Crippen LogP) is 2.11. The molecule has 0 atom stereocenters. The van der Waals surface area contributed by atoms with Crippen molar-refractivity contribution in [2.24, 2.45) is 0 Å². The van der Waals surface area contributed by atoms with Crippen molar-refractivity contribution in [3.8, 4) is 0 Å². The van der Waals surface area contributed by atoms with Crippen LogP contribution in [0, 0.1) is 0 Å². The van der Waals surface area contributed by atoms with Gasteiger partial charge in [-0.3, -0.25) is 9.78 Å². The number of anilines is 1. The Labute approximate surface area is 110 Å². The summed E-state index contributed by atoms with van der Waals surface area (Å²) in [6.07, 6.45) is 4.79. The Kier molecular flexibility index (Phi) is 2.62. The highest BCUT2D eigenvalue weighted by molar-refractivity contribution is 5.84. The summed E-state index contributed by atoms with van der Waals surface area (Å²) in [6, 6.07) is 5.48. The van der Waals surface area contributed by atoms with E-state index in [1.54, 1.807) is 6.07 Å². The maximum absolute atomic E-state index is 11.7. The third-order valence-electron chi connectivity index (χ3n) is 3.98. The number of nitrogens with two attached hydrogens (primary N) is 1. The molecule has 0 radical (unpaired) electrons. The van der Waals surface area contributed by atoms with Gasteiger partial charge in [0.05, 0.1) is 22.6 Å². The lowest BCUT2D eigenvalue weighted by Crippen LogP contribution is -2.32. The van der Waals surface area contributed by atoms with E-state index in [1.165, 1.54) is 6.20 Å². The molecular formula is C14H15N3O2. The zero-order chi connectivity index (χ0) is 13.5. The number of nitrogens with zero attached hydrogens (tertiary/aromatic N) is 2. The molecule has 0 saturated heterocycles. The van der Waals surface area contributed by atoms with E-state index < -0.39 is 11.4 Å². The third kappa shape index (κ3) is 1.82. The summed E-state index contributed by atoms with van der Waals surface area (Å²) in [5, 5.41) is 9.58. The van der Waals surface area contributed by atoms with Crippen molar-refractivity contribution < 1.29 is 9.90 Å². The van der Waals surface area contributed by atoms with Crippen LogP contribution in [0.25, 0.3) is 11.0 Å². The molecule has 0 bridgehead atoms. The van der Waals surface area contributed by atoms with Crippen molar-refractivity contribution in [1.82, 2.24) is 9.97 Å². The van der Waals surface area contributed by atoms with Crippen LogP contribution in [-0.2, 0) is 10.2 Å². The number of rotatable bonds is 2. The fourth-order valence-corrected chi connectivity index (χ4v) is 2.93. The van der Waals surface area contributed by atoms with Crippen LogP contribution in [0.5, 0.6) is 0 Å². The van der Waals surface area contributed by atoms with Crippen LogP contribution in [0.1, 0.15) is 31.2 Å². The lowest BCUT2D eigenvalue weighted by atomic mass is 9.79. The molecule has 0 spiro atoms. The molecule has 1 aliphatic rings. The highest BCUT2D eigenvalue weighted by Gasteiger charge is 2.42. The molecule has 98 valence electrons. The number of carbonyl (C=O) groups is 1. The molecule has 3 rings (SSSR count). The van der Waals surface area contributed by atoms with Crippen LogP contribution in [0.15, 0.2) is 24.4 Å². The first kappa shape index (κ1) is 11.9. The van der Waals surface area contributed by atoms with E-state index >= 15 is 0 Å². The van der Waals surface area contributed by atoms with Crippen LogP contribution in [0.4, 0.5) is 5.82 Å². The number of carboxylic acids is 1. The molecule has 3 N–H and O–H groups in total. The lowest BCUT2D eigenvalue weighted by molar-refractivity contribution is -0.143. The molecule has 1 fully saturated rings. The zero-order valence-corrected chi connectivity index (χ0v) is 10.5. The zero-order valence-electron chi connectivity index (χ0n) is 10.5. The van der Waals surface area contributed by atoms with Gasteiger partial charge in [-0.15, -0.1) is 0 Å². The van der Waals surface area contributed by atoms with Gasteiger partial charge in [0.2, 0.25) is 0 Å². The van der Waals surface area contributed by atoms with Gasteiger partial charge in [0, 0.05) is 0 Å². The second-order valence-electron chi connectivity index (χ2n) is 5.09. The average molecular weight is 257 g/mol. The summed E-state index contributed by atoms with van der Waals surface area (Å²) in [5.41, 5.74) is 7.05. The van der Waals surface area contributed by atoms with Gasteiger partial charge in [0.25, 0.3) is 0 Å². The van der Waals surface area contributed by atoms with Crippen LogP contribution in [-0.4, -0.2) is 21.0 Å². The Balaban J connectivity index is 2.14. The fraction of sp³-hybridized carbons (Fsp3) is 0.357. The molecule has 0 amide bonds. The normalized spacial score (nSPS) is 17.7. The fourth-order valence-electron chi connectivity index (χ4n) is 2.93. The standard InChI is InChI=1S/C14H15N3O2/c15-12-8-16-11-7-9(3-4-10(11)17-12)14(13(18)19)5-1-2-6-14/h3-4,7-8H,1-2,5-6H2,(H2,15,17)(H,18,19). The summed E-state index contributed by atoms with van der Waals surface area (Å²) >= 11 is 0. The molecule has 1 aliphatic carbocycles. The molecule has 2 aromatic rings. The van der Waals surface area contributed by atoms with Crippen molar-refractivity contribution in [2.75, 3.05) is 5.73 Å². The highest BCUT2D eigenvalue weighted by Crippen LogP contribution is 2.41. The number of nitrogen functional groups attached to an aromatic ring is 1. The number of fused-ring (bicyclic) bond motifs is 1. The highest BCUT2D eigenvalue weighted by atomic mass is 16.4. The largest absolute Gasteiger partial charge is 0.481 e. The van der Waals surface area contributed by atoms with Crippen molar-refractivity contribution in [3.05, 3.63) is 30.0 Å². The Morgan fingerprint density at radius 3 is 2.68 bits per heavy atom. The Morgan fingerprint density at radius 2 is 2.00 bits per heavy atom. The Morgan fingerprint density at radius 1 is 1.26 bits per heavy atom. The van der Waals surface area contributed by atoms with E-state index in [2.05, 4.69) is 9.97 Å². The number of carboxylic acid groups (broad SMARTS) is 1. The summed E-state index contributed by atoms with van der Waals surface area (Å²) in [6.45, 7) is 0. The molecule has 5 nitrogen and oxygen atoms in total. The van der Waals surface area contributed by atoms with Crippen molar-refractivity contribution in [2.45, 2.75) is 31.1 Å². The molecule has 1 saturated carbocycles. The van der Waals surface area contributed by atoms with Gasteiger partial charge in [-0.05, 0) is 30.5 Å². The predicted molar refractivity (Wildman–Crippen MR) is 71.7 cm³/mol. The van der Waals surface area contributed by atoms with Crippen molar-refractivity contribution >= 4 is 22.8 Å². The summed E-state index contributed by atoms with van der Waals surface area (Å²) in [5.74, 6) is -0.373. The molecule has 0 unspecified atom stereocenters. The number of hydrogen-bond donors (Lipinski definition) is 2. The van der Waals surface area contributed by atoms with Gasteiger partial charge in [0.1, 0.15) is 5.82 Å². The molecule has 0 aliphatic heterocycles. The van der Waals surface area contributed by atoms with Crippen molar-refractivity contribution in [3.63, 3.8) is 0 Å². The van der Waals surface area contributed by atoms with E-state index in [-0.39, 0.29) is 0 Å². The minimum absolute atomic E-state index is 0.370. The van der Waals surface area contributed by atoms with Crippen LogP contribution >= 0.6 is 0 Å². The molecule has 5 heteroatoms. The van der Waals surface area contributed by atoms with E-state index in [1.807, 2.05) is 12.1 Å². The first-order chi connectivity index (χ1) is 9.12. The second kappa shape index (κ2) is 4.19. The average Bonchev–Trinajstić information content (AvgIpc) is 2.88. The number of benzene rings is 1. The number of aromatic nitrogens is 2. The monoisotopic (exact) mass is 257 g/mol. The van der Waals surface area contributed by atoms with E-state index in [4.69, 9.17) is 5.73 Å². The summed E-state index contributed by atoms with van der Waals surface area (Å²) in [4.78, 5) is 20.1. The minimum atomic E-state index is -0.753. The number of aliphatic carboxylic acids is 1. The maximum atomic E-state index is 11.7. The topological polar surface area (TPSA) is 89.1 Å². The Hall–Kier alpha value is -2.17. The van der Waals surface area contributed by atoms with Gasteiger partial charge < -0.3 is 10.8 Å². The van der Waals surface area contributed by atoms with Crippen LogP contribution in [0.3, 0.4) is 0 Å². The summed E-state index contributed by atoms with van der Waals surface area (Å²) in [7, 11) is 0. The lowest BCUT2D eigenvalue weighted by Gasteiger charge is -2.24. The molecular weight excluding hydrogens is 242 g/mol.